The number of nitrogens with zero attached hydrogens (tertiary/aromatic N) is 2. The van der Waals surface area contributed by atoms with Gasteiger partial charge in [-0.25, -0.2) is 9.37 Å². The summed E-state index contributed by atoms with van der Waals surface area (Å²) in [5, 5.41) is 2.86. The van der Waals surface area contributed by atoms with Gasteiger partial charge in [-0.1, -0.05) is 24.3 Å². The Kier molecular flexibility index (Phi) is 6.12. The predicted molar refractivity (Wildman–Crippen MR) is 116 cm³/mol. The molecule has 0 saturated carbocycles. The fourth-order valence-electron chi connectivity index (χ4n) is 3.36. The molecule has 0 atom stereocenters. The Morgan fingerprint density at radius 2 is 1.71 bits per heavy atom. The zero-order valence-electron chi connectivity index (χ0n) is 17.0. The predicted octanol–water partition coefficient (Wildman–Crippen LogP) is 4.19. The number of hydrogen-bond acceptors (Lipinski definition) is 4. The highest BCUT2D eigenvalue weighted by atomic mass is 19.1. The minimum atomic E-state index is -0.381. The van der Waals surface area contributed by atoms with Gasteiger partial charge in [0.05, 0.1) is 31.2 Å². The molecule has 0 saturated heterocycles. The number of amides is 1. The van der Waals surface area contributed by atoms with Crippen LogP contribution in [0.1, 0.15) is 16.2 Å². The Balaban J connectivity index is 1.49. The molecule has 158 valence electrons. The van der Waals surface area contributed by atoms with E-state index in [9.17, 15) is 9.18 Å². The van der Waals surface area contributed by atoms with Crippen LogP contribution in [0.4, 0.5) is 4.39 Å². The number of nitrogens with one attached hydrogen (secondary N) is 1. The summed E-state index contributed by atoms with van der Waals surface area (Å²) < 4.78 is 26.4. The van der Waals surface area contributed by atoms with Crippen molar-refractivity contribution >= 4 is 16.9 Å². The monoisotopic (exact) mass is 419 g/mol. The van der Waals surface area contributed by atoms with Gasteiger partial charge in [0.2, 0.25) is 0 Å². The van der Waals surface area contributed by atoms with Gasteiger partial charge in [-0.3, -0.25) is 4.79 Å². The molecule has 7 heteroatoms. The third kappa shape index (κ3) is 4.66. The topological polar surface area (TPSA) is 65.4 Å². The van der Waals surface area contributed by atoms with Crippen LogP contribution in [0.5, 0.6) is 11.5 Å². The van der Waals surface area contributed by atoms with E-state index in [-0.39, 0.29) is 18.3 Å². The number of benzene rings is 3. The lowest BCUT2D eigenvalue weighted by Gasteiger charge is -2.13. The SMILES string of the molecule is COc1ccccc1OCCn1c(CNC(=O)c2ccc(F)cc2)nc2ccccc21. The third-order valence-electron chi connectivity index (χ3n) is 4.89. The molecule has 4 rings (SSSR count). The number of hydrogen-bond donors (Lipinski definition) is 1. The van der Waals surface area contributed by atoms with Crippen molar-refractivity contribution in [3.05, 3.63) is 90.0 Å². The highest BCUT2D eigenvalue weighted by Crippen LogP contribution is 2.26. The van der Waals surface area contributed by atoms with E-state index < -0.39 is 0 Å². The number of rotatable bonds is 8. The first-order valence-corrected chi connectivity index (χ1v) is 9.89. The van der Waals surface area contributed by atoms with E-state index in [0.29, 0.717) is 36.0 Å². The van der Waals surface area contributed by atoms with E-state index in [1.165, 1.54) is 24.3 Å². The number of carbonyl (C=O) groups is 1. The van der Waals surface area contributed by atoms with E-state index in [2.05, 4.69) is 10.3 Å². The van der Waals surface area contributed by atoms with E-state index in [1.54, 1.807) is 7.11 Å². The lowest BCUT2D eigenvalue weighted by atomic mass is 10.2. The van der Waals surface area contributed by atoms with Crippen LogP contribution < -0.4 is 14.8 Å². The van der Waals surface area contributed by atoms with Crippen molar-refractivity contribution in [3.63, 3.8) is 0 Å². The van der Waals surface area contributed by atoms with E-state index in [1.807, 2.05) is 53.1 Å². The number of ether oxygens (including phenoxy) is 2. The molecule has 0 bridgehead atoms. The molecule has 31 heavy (non-hydrogen) atoms. The quantitative estimate of drug-likeness (QED) is 0.465. The molecule has 0 radical (unpaired) electrons. The molecule has 3 aromatic carbocycles. The number of fused-ring (bicyclic) bond motifs is 1. The molecular formula is C24H22FN3O3. The number of methoxy groups -OCH3 is 1. The zero-order chi connectivity index (χ0) is 21.6. The van der Waals surface area contributed by atoms with Gasteiger partial charge in [-0.05, 0) is 48.5 Å². The molecule has 0 aliphatic carbocycles. The van der Waals surface area contributed by atoms with Crippen LogP contribution >= 0.6 is 0 Å². The summed E-state index contributed by atoms with van der Waals surface area (Å²) in [7, 11) is 1.60. The fraction of sp³-hybridized carbons (Fsp3) is 0.167. The van der Waals surface area contributed by atoms with Gasteiger partial charge in [0.15, 0.2) is 11.5 Å². The Morgan fingerprint density at radius 1 is 1.00 bits per heavy atom. The lowest BCUT2D eigenvalue weighted by molar-refractivity contribution is 0.0949. The Bertz CT molecular complexity index is 1190. The maximum absolute atomic E-state index is 13.1. The van der Waals surface area contributed by atoms with E-state index in [0.717, 1.165) is 11.0 Å². The van der Waals surface area contributed by atoms with Crippen LogP contribution in [0, 0.1) is 5.82 Å². The summed E-state index contributed by atoms with van der Waals surface area (Å²) in [4.78, 5) is 17.1. The molecule has 1 N–H and O–H groups in total. The summed E-state index contributed by atoms with van der Waals surface area (Å²) in [6, 6.07) is 20.7. The van der Waals surface area contributed by atoms with Crippen molar-refractivity contribution < 1.29 is 18.7 Å². The molecule has 4 aromatic rings. The standard InChI is InChI=1S/C24H22FN3O3/c1-30-21-8-4-5-9-22(21)31-15-14-28-20-7-3-2-6-19(20)27-23(28)16-26-24(29)17-10-12-18(25)13-11-17/h2-13H,14-16H2,1H3,(H,26,29). The lowest BCUT2D eigenvalue weighted by Crippen LogP contribution is -2.25. The number of imidazole rings is 1. The highest BCUT2D eigenvalue weighted by molar-refractivity contribution is 5.94. The summed E-state index contributed by atoms with van der Waals surface area (Å²) in [6.07, 6.45) is 0. The number of aromatic nitrogens is 2. The third-order valence-corrected chi connectivity index (χ3v) is 4.89. The van der Waals surface area contributed by atoms with E-state index >= 15 is 0 Å². The smallest absolute Gasteiger partial charge is 0.251 e. The summed E-state index contributed by atoms with van der Waals surface area (Å²) >= 11 is 0. The maximum atomic E-state index is 13.1. The molecule has 0 fully saturated rings. The summed E-state index contributed by atoms with van der Waals surface area (Å²) in [6.45, 7) is 1.18. The van der Waals surface area contributed by atoms with Crippen LogP contribution in [0.25, 0.3) is 11.0 Å². The molecular weight excluding hydrogens is 397 g/mol. The van der Waals surface area contributed by atoms with Crippen LogP contribution in [-0.2, 0) is 13.1 Å². The van der Waals surface area contributed by atoms with Gasteiger partial charge in [-0.15, -0.1) is 0 Å². The summed E-state index contributed by atoms with van der Waals surface area (Å²) in [5.41, 5.74) is 2.19. The first kappa shape index (κ1) is 20.4. The minimum Gasteiger partial charge on any atom is -0.493 e. The van der Waals surface area contributed by atoms with Crippen LogP contribution in [0.2, 0.25) is 0 Å². The zero-order valence-corrected chi connectivity index (χ0v) is 17.0. The molecule has 0 unspecified atom stereocenters. The van der Waals surface area contributed by atoms with Crippen molar-refractivity contribution in [1.82, 2.24) is 14.9 Å². The average molecular weight is 419 g/mol. The van der Waals surface area contributed by atoms with Crippen LogP contribution in [0.15, 0.2) is 72.8 Å². The minimum absolute atomic E-state index is 0.236. The molecule has 0 aliphatic rings. The van der Waals surface area contributed by atoms with Crippen molar-refractivity contribution in [2.75, 3.05) is 13.7 Å². The first-order valence-electron chi connectivity index (χ1n) is 9.89. The molecule has 6 nitrogen and oxygen atoms in total. The largest absolute Gasteiger partial charge is 0.493 e. The van der Waals surface area contributed by atoms with Gasteiger partial charge >= 0.3 is 0 Å². The fourth-order valence-corrected chi connectivity index (χ4v) is 3.36. The molecule has 0 spiro atoms. The second-order valence-corrected chi connectivity index (χ2v) is 6.86. The van der Waals surface area contributed by atoms with Gasteiger partial charge in [0, 0.05) is 5.56 Å². The van der Waals surface area contributed by atoms with E-state index in [4.69, 9.17) is 9.47 Å². The van der Waals surface area contributed by atoms with Gasteiger partial charge in [0.1, 0.15) is 18.2 Å². The Morgan fingerprint density at radius 3 is 2.48 bits per heavy atom. The highest BCUT2D eigenvalue weighted by Gasteiger charge is 2.13. The molecule has 1 amide bonds. The number of carbonyl (C=O) groups excluding carboxylic acids is 1. The Hall–Kier alpha value is -3.87. The van der Waals surface area contributed by atoms with Crippen molar-refractivity contribution in [2.45, 2.75) is 13.1 Å². The second-order valence-electron chi connectivity index (χ2n) is 6.86. The Labute approximate surface area is 179 Å². The summed E-state index contributed by atoms with van der Waals surface area (Å²) in [5.74, 6) is 1.38. The van der Waals surface area contributed by atoms with Gasteiger partial charge in [0.25, 0.3) is 5.91 Å². The van der Waals surface area contributed by atoms with Gasteiger partial charge in [-0.2, -0.15) is 0 Å². The number of halogens is 1. The molecule has 1 aromatic heterocycles. The molecule has 1 heterocycles. The maximum Gasteiger partial charge on any atom is 0.251 e. The van der Waals surface area contributed by atoms with Gasteiger partial charge < -0.3 is 19.4 Å². The van der Waals surface area contributed by atoms with Crippen molar-refractivity contribution in [1.29, 1.82) is 0 Å². The van der Waals surface area contributed by atoms with Crippen LogP contribution in [0.3, 0.4) is 0 Å². The molecule has 0 aliphatic heterocycles. The van der Waals surface area contributed by atoms with Crippen LogP contribution in [-0.4, -0.2) is 29.2 Å². The number of para-hydroxylation sites is 4. The average Bonchev–Trinajstić information content (AvgIpc) is 3.16. The second kappa shape index (κ2) is 9.30. The first-order chi connectivity index (χ1) is 15.2. The normalized spacial score (nSPS) is 10.8. The van der Waals surface area contributed by atoms with Crippen molar-refractivity contribution in [3.8, 4) is 11.5 Å². The van der Waals surface area contributed by atoms with Crippen molar-refractivity contribution in [2.24, 2.45) is 0 Å².